The molecule has 0 heterocycles. The van der Waals surface area contributed by atoms with Gasteiger partial charge >= 0.3 is 11.8 Å². The van der Waals surface area contributed by atoms with Crippen molar-refractivity contribution in [2.45, 2.75) is 26.3 Å². The van der Waals surface area contributed by atoms with Gasteiger partial charge in [-0.2, -0.15) is 0 Å². The fourth-order valence-corrected chi connectivity index (χ4v) is 1.68. The fourth-order valence-electron chi connectivity index (χ4n) is 1.18. The Kier molecular flexibility index (Phi) is 4.59. The van der Waals surface area contributed by atoms with Crippen LogP contribution in [0, 0.1) is 0 Å². The summed E-state index contributed by atoms with van der Waals surface area (Å²) in [4.78, 5) is 23.2. The van der Waals surface area contributed by atoms with E-state index >= 15 is 0 Å². The van der Waals surface area contributed by atoms with Crippen LogP contribution in [0.25, 0.3) is 0 Å². The van der Waals surface area contributed by atoms with Gasteiger partial charge in [0.15, 0.2) is 0 Å². The molecule has 0 radical (unpaired) electrons. The van der Waals surface area contributed by atoms with Crippen LogP contribution >= 0.6 is 23.2 Å². The number of rotatable bonds is 1. The lowest BCUT2D eigenvalue weighted by atomic mass is 10.1. The third-order valence-corrected chi connectivity index (χ3v) is 2.53. The van der Waals surface area contributed by atoms with Crippen LogP contribution in [0.4, 0.5) is 5.69 Å². The van der Waals surface area contributed by atoms with E-state index in [9.17, 15) is 9.59 Å². The Balaban J connectivity index is 2.80. The molecule has 0 fully saturated rings. The number of carbonyl (C=O) groups excluding carboxylic acids is 2. The van der Waals surface area contributed by atoms with Gasteiger partial charge in [-0.15, -0.1) is 0 Å². The SMILES string of the molecule is CC(C)(C)NC(=O)C(=O)Nc1c(Cl)cccc1Cl. The third kappa shape index (κ3) is 4.20. The maximum absolute atomic E-state index is 11.7. The largest absolute Gasteiger partial charge is 0.343 e. The first kappa shape index (κ1) is 14.8. The van der Waals surface area contributed by atoms with E-state index in [-0.39, 0.29) is 15.7 Å². The normalized spacial score (nSPS) is 10.9. The summed E-state index contributed by atoms with van der Waals surface area (Å²) in [6, 6.07) is 4.80. The second-order valence-corrected chi connectivity index (χ2v) is 5.57. The lowest BCUT2D eigenvalue weighted by Crippen LogP contribution is -2.46. The number of halogens is 2. The van der Waals surface area contributed by atoms with Crippen LogP contribution in [0.3, 0.4) is 0 Å². The van der Waals surface area contributed by atoms with E-state index in [2.05, 4.69) is 10.6 Å². The molecule has 2 N–H and O–H groups in total. The molecule has 0 atom stereocenters. The zero-order chi connectivity index (χ0) is 13.9. The van der Waals surface area contributed by atoms with E-state index in [0.717, 1.165) is 0 Å². The van der Waals surface area contributed by atoms with E-state index in [1.54, 1.807) is 39.0 Å². The number of benzene rings is 1. The molecule has 0 spiro atoms. The first-order valence-corrected chi connectivity index (χ1v) is 6.04. The Morgan fingerprint density at radius 1 is 1.06 bits per heavy atom. The summed E-state index contributed by atoms with van der Waals surface area (Å²) in [7, 11) is 0. The molecular weight excluding hydrogens is 275 g/mol. The van der Waals surface area contributed by atoms with E-state index in [1.165, 1.54) is 0 Å². The molecule has 0 aliphatic heterocycles. The molecule has 2 amide bonds. The van der Waals surface area contributed by atoms with Crippen molar-refractivity contribution in [2.24, 2.45) is 0 Å². The standard InChI is InChI=1S/C12H14Cl2N2O2/c1-12(2,3)16-11(18)10(17)15-9-7(13)5-4-6-8(9)14/h4-6H,1-3H3,(H,15,17)(H,16,18). The van der Waals surface area contributed by atoms with Crippen LogP contribution in [0.2, 0.25) is 10.0 Å². The molecule has 0 saturated heterocycles. The molecule has 1 aromatic rings. The number of amides is 2. The van der Waals surface area contributed by atoms with Gasteiger partial charge in [0.2, 0.25) is 0 Å². The van der Waals surface area contributed by atoms with Crippen LogP contribution in [-0.4, -0.2) is 17.4 Å². The van der Waals surface area contributed by atoms with Crippen molar-refractivity contribution in [3.05, 3.63) is 28.2 Å². The summed E-state index contributed by atoms with van der Waals surface area (Å²) in [5.74, 6) is -1.54. The van der Waals surface area contributed by atoms with Gasteiger partial charge in [0.1, 0.15) is 0 Å². The van der Waals surface area contributed by atoms with Crippen molar-refractivity contribution in [3.8, 4) is 0 Å². The number of para-hydroxylation sites is 1. The Morgan fingerprint density at radius 2 is 1.56 bits per heavy atom. The van der Waals surface area contributed by atoms with Gasteiger partial charge in [-0.1, -0.05) is 29.3 Å². The molecule has 0 aliphatic rings. The molecule has 0 unspecified atom stereocenters. The van der Waals surface area contributed by atoms with Crippen molar-refractivity contribution >= 4 is 40.7 Å². The second-order valence-electron chi connectivity index (χ2n) is 4.75. The Labute approximate surface area is 116 Å². The van der Waals surface area contributed by atoms with Crippen LogP contribution in [0.15, 0.2) is 18.2 Å². The molecule has 18 heavy (non-hydrogen) atoms. The molecule has 1 rings (SSSR count). The van der Waals surface area contributed by atoms with E-state index in [0.29, 0.717) is 0 Å². The van der Waals surface area contributed by atoms with E-state index < -0.39 is 17.4 Å². The first-order chi connectivity index (χ1) is 8.20. The van der Waals surface area contributed by atoms with Crippen molar-refractivity contribution < 1.29 is 9.59 Å². The summed E-state index contributed by atoms with van der Waals surface area (Å²) in [5, 5.41) is 5.48. The molecule has 4 nitrogen and oxygen atoms in total. The highest BCUT2D eigenvalue weighted by atomic mass is 35.5. The lowest BCUT2D eigenvalue weighted by molar-refractivity contribution is -0.137. The van der Waals surface area contributed by atoms with E-state index in [4.69, 9.17) is 23.2 Å². The van der Waals surface area contributed by atoms with Crippen molar-refractivity contribution in [3.63, 3.8) is 0 Å². The lowest BCUT2D eigenvalue weighted by Gasteiger charge is -2.20. The first-order valence-electron chi connectivity index (χ1n) is 5.28. The van der Waals surface area contributed by atoms with Gasteiger partial charge in [0.05, 0.1) is 15.7 Å². The number of nitrogens with one attached hydrogen (secondary N) is 2. The summed E-state index contributed by atoms with van der Waals surface area (Å²) in [6.45, 7) is 5.34. The number of carbonyl (C=O) groups is 2. The Hall–Kier alpha value is -1.26. The van der Waals surface area contributed by atoms with Gasteiger partial charge in [0.25, 0.3) is 0 Å². The molecule has 0 saturated carbocycles. The molecular formula is C12H14Cl2N2O2. The number of hydrogen-bond donors (Lipinski definition) is 2. The van der Waals surface area contributed by atoms with Crippen LogP contribution in [0.5, 0.6) is 0 Å². The zero-order valence-corrected chi connectivity index (χ0v) is 11.8. The minimum Gasteiger partial charge on any atom is -0.343 e. The Morgan fingerprint density at radius 3 is 2.00 bits per heavy atom. The van der Waals surface area contributed by atoms with Gasteiger partial charge in [-0.3, -0.25) is 9.59 Å². The highest BCUT2D eigenvalue weighted by molar-refractivity contribution is 6.44. The summed E-state index contributed by atoms with van der Waals surface area (Å²) in [6.07, 6.45) is 0. The molecule has 0 aromatic heterocycles. The van der Waals surface area contributed by atoms with Crippen LogP contribution in [0.1, 0.15) is 20.8 Å². The van der Waals surface area contributed by atoms with Gasteiger partial charge in [0, 0.05) is 5.54 Å². The zero-order valence-electron chi connectivity index (χ0n) is 10.3. The fraction of sp³-hybridized carbons (Fsp3) is 0.333. The van der Waals surface area contributed by atoms with E-state index in [1.807, 2.05) is 0 Å². The van der Waals surface area contributed by atoms with Crippen LogP contribution < -0.4 is 10.6 Å². The maximum atomic E-state index is 11.7. The highest BCUT2D eigenvalue weighted by Gasteiger charge is 2.21. The van der Waals surface area contributed by atoms with Crippen molar-refractivity contribution in [1.29, 1.82) is 0 Å². The van der Waals surface area contributed by atoms with Gasteiger partial charge < -0.3 is 10.6 Å². The Bertz CT molecular complexity index is 461. The van der Waals surface area contributed by atoms with Crippen molar-refractivity contribution in [1.82, 2.24) is 5.32 Å². The molecule has 0 bridgehead atoms. The smallest absolute Gasteiger partial charge is 0.313 e. The topological polar surface area (TPSA) is 58.2 Å². The predicted octanol–water partition coefficient (Wildman–Crippen LogP) is 2.85. The third-order valence-electron chi connectivity index (χ3n) is 1.90. The molecule has 6 heteroatoms. The van der Waals surface area contributed by atoms with Gasteiger partial charge in [-0.05, 0) is 32.9 Å². The van der Waals surface area contributed by atoms with Crippen molar-refractivity contribution in [2.75, 3.05) is 5.32 Å². The number of anilines is 1. The van der Waals surface area contributed by atoms with Crippen LogP contribution in [-0.2, 0) is 9.59 Å². The minimum atomic E-state index is -0.806. The summed E-state index contributed by atoms with van der Waals surface area (Å²) in [5.41, 5.74) is -0.256. The summed E-state index contributed by atoms with van der Waals surface area (Å²) < 4.78 is 0. The average molecular weight is 289 g/mol. The monoisotopic (exact) mass is 288 g/mol. The van der Waals surface area contributed by atoms with Gasteiger partial charge in [-0.25, -0.2) is 0 Å². The quantitative estimate of drug-likeness (QED) is 0.781. The minimum absolute atomic E-state index is 0.231. The maximum Gasteiger partial charge on any atom is 0.313 e. The average Bonchev–Trinajstić information content (AvgIpc) is 2.21. The second kappa shape index (κ2) is 5.59. The predicted molar refractivity (Wildman–Crippen MR) is 73.0 cm³/mol. The molecule has 98 valence electrons. The summed E-state index contributed by atoms with van der Waals surface area (Å²) >= 11 is 11.8. The highest BCUT2D eigenvalue weighted by Crippen LogP contribution is 2.29. The molecule has 0 aliphatic carbocycles. The molecule has 1 aromatic carbocycles. The number of hydrogen-bond acceptors (Lipinski definition) is 2.